The fourth-order valence-electron chi connectivity index (χ4n) is 2.52. The first-order chi connectivity index (χ1) is 11.0. The van der Waals surface area contributed by atoms with Crippen molar-refractivity contribution in [3.63, 3.8) is 0 Å². The van der Waals surface area contributed by atoms with Gasteiger partial charge in [-0.1, -0.05) is 11.6 Å². The lowest BCUT2D eigenvalue weighted by Crippen LogP contribution is -2.47. The van der Waals surface area contributed by atoms with E-state index in [1.165, 1.54) is 0 Å². The highest BCUT2D eigenvalue weighted by Gasteiger charge is 2.21. The molecule has 2 aromatic heterocycles. The van der Waals surface area contributed by atoms with Gasteiger partial charge in [0, 0.05) is 57.1 Å². The smallest absolute Gasteiger partial charge is 0.226 e. The molecule has 122 valence electrons. The highest BCUT2D eigenvalue weighted by molar-refractivity contribution is 9.10. The molecule has 1 aliphatic heterocycles. The normalized spacial score (nSPS) is 15.0. The number of aromatic nitrogens is 3. The van der Waals surface area contributed by atoms with Gasteiger partial charge in [-0.2, -0.15) is 4.98 Å². The lowest BCUT2D eigenvalue weighted by molar-refractivity contribution is 0.641. The molecule has 1 saturated heterocycles. The number of halogens is 2. The summed E-state index contributed by atoms with van der Waals surface area (Å²) in [5.74, 6) is 2.52. The zero-order valence-electron chi connectivity index (χ0n) is 13.1. The molecule has 0 N–H and O–H groups in total. The average Bonchev–Trinajstić information content (AvgIpc) is 2.55. The third-order valence-electron chi connectivity index (χ3n) is 3.72. The van der Waals surface area contributed by atoms with Crippen molar-refractivity contribution in [2.45, 2.75) is 0 Å². The van der Waals surface area contributed by atoms with Crippen LogP contribution in [0, 0.1) is 0 Å². The van der Waals surface area contributed by atoms with E-state index in [0.29, 0.717) is 5.02 Å². The summed E-state index contributed by atoms with van der Waals surface area (Å²) < 4.78 is 0.891. The molecule has 3 heterocycles. The highest BCUT2D eigenvalue weighted by atomic mass is 79.9. The van der Waals surface area contributed by atoms with E-state index >= 15 is 0 Å². The molecule has 0 atom stereocenters. The Labute approximate surface area is 149 Å². The van der Waals surface area contributed by atoms with Gasteiger partial charge >= 0.3 is 0 Å². The van der Waals surface area contributed by atoms with Crippen molar-refractivity contribution in [2.75, 3.05) is 55.0 Å². The molecule has 6 nitrogen and oxygen atoms in total. The topological polar surface area (TPSA) is 48.4 Å². The summed E-state index contributed by atoms with van der Waals surface area (Å²) in [5, 5.41) is 0.671. The van der Waals surface area contributed by atoms with Crippen molar-refractivity contribution in [3.8, 4) is 0 Å². The zero-order valence-corrected chi connectivity index (χ0v) is 15.4. The molecule has 0 radical (unpaired) electrons. The van der Waals surface area contributed by atoms with E-state index in [0.717, 1.165) is 48.2 Å². The van der Waals surface area contributed by atoms with Crippen molar-refractivity contribution < 1.29 is 0 Å². The van der Waals surface area contributed by atoms with Gasteiger partial charge in [0.15, 0.2) is 0 Å². The van der Waals surface area contributed by atoms with Gasteiger partial charge in [-0.3, -0.25) is 0 Å². The average molecular weight is 398 g/mol. The third-order valence-corrected chi connectivity index (χ3v) is 4.43. The van der Waals surface area contributed by atoms with Crippen LogP contribution >= 0.6 is 27.5 Å². The Bertz CT molecular complexity index is 687. The number of piperazine rings is 1. The van der Waals surface area contributed by atoms with Crippen molar-refractivity contribution in [1.29, 1.82) is 0 Å². The summed E-state index contributed by atoms with van der Waals surface area (Å²) in [6, 6.07) is 3.83. The first-order valence-corrected chi connectivity index (χ1v) is 8.53. The quantitative estimate of drug-likeness (QED) is 0.793. The van der Waals surface area contributed by atoms with Gasteiger partial charge in [-0.05, 0) is 28.1 Å². The summed E-state index contributed by atoms with van der Waals surface area (Å²) in [5.41, 5.74) is 0. The standard InChI is InChI=1S/C15H18BrClN6/c1-21(2)15-18-4-3-13(20-15)22-5-7-23(8-6-22)14-12(17)9-11(16)10-19-14/h3-4,9-10H,5-8H2,1-2H3. The van der Waals surface area contributed by atoms with E-state index in [9.17, 15) is 0 Å². The molecule has 0 aliphatic carbocycles. The second-order valence-corrected chi connectivity index (χ2v) is 6.87. The van der Waals surface area contributed by atoms with Gasteiger partial charge in [0.25, 0.3) is 0 Å². The Morgan fingerprint density at radius 2 is 1.83 bits per heavy atom. The van der Waals surface area contributed by atoms with Crippen molar-refractivity contribution in [1.82, 2.24) is 15.0 Å². The van der Waals surface area contributed by atoms with E-state index < -0.39 is 0 Å². The van der Waals surface area contributed by atoms with E-state index in [-0.39, 0.29) is 0 Å². The number of hydrogen-bond donors (Lipinski definition) is 0. The molecular formula is C15H18BrClN6. The predicted octanol–water partition coefficient (Wildman–Crippen LogP) is 2.68. The summed E-state index contributed by atoms with van der Waals surface area (Å²) >= 11 is 9.68. The van der Waals surface area contributed by atoms with Crippen LogP contribution < -0.4 is 14.7 Å². The van der Waals surface area contributed by atoms with Crippen molar-refractivity contribution in [3.05, 3.63) is 34.0 Å². The monoisotopic (exact) mass is 396 g/mol. The van der Waals surface area contributed by atoms with Crippen LogP contribution in [0.4, 0.5) is 17.6 Å². The maximum Gasteiger partial charge on any atom is 0.226 e. The minimum atomic E-state index is 0.671. The second kappa shape index (κ2) is 6.88. The Hall–Kier alpha value is -1.60. The van der Waals surface area contributed by atoms with E-state index in [1.807, 2.05) is 31.1 Å². The van der Waals surface area contributed by atoms with Gasteiger partial charge in [-0.25, -0.2) is 9.97 Å². The van der Waals surface area contributed by atoms with Gasteiger partial charge in [0.2, 0.25) is 5.95 Å². The molecule has 0 unspecified atom stereocenters. The fraction of sp³-hybridized carbons (Fsp3) is 0.400. The molecule has 0 amide bonds. The molecule has 2 aromatic rings. The lowest BCUT2D eigenvalue weighted by atomic mass is 10.3. The van der Waals surface area contributed by atoms with Crippen LogP contribution in [0.2, 0.25) is 5.02 Å². The Balaban J connectivity index is 1.70. The van der Waals surface area contributed by atoms with Crippen molar-refractivity contribution >= 4 is 45.1 Å². The largest absolute Gasteiger partial charge is 0.353 e. The van der Waals surface area contributed by atoms with Crippen molar-refractivity contribution in [2.24, 2.45) is 0 Å². The van der Waals surface area contributed by atoms with Crippen LogP contribution in [0.3, 0.4) is 0 Å². The Morgan fingerprint density at radius 1 is 1.13 bits per heavy atom. The molecular weight excluding hydrogens is 380 g/mol. The number of hydrogen-bond acceptors (Lipinski definition) is 6. The predicted molar refractivity (Wildman–Crippen MR) is 97.7 cm³/mol. The van der Waals surface area contributed by atoms with E-state index in [2.05, 4.69) is 40.7 Å². The van der Waals surface area contributed by atoms with Gasteiger partial charge in [-0.15, -0.1) is 0 Å². The maximum absolute atomic E-state index is 6.30. The highest BCUT2D eigenvalue weighted by Crippen LogP contribution is 2.27. The minimum absolute atomic E-state index is 0.671. The second-order valence-electron chi connectivity index (χ2n) is 5.54. The van der Waals surface area contributed by atoms with Crippen LogP contribution in [0.5, 0.6) is 0 Å². The summed E-state index contributed by atoms with van der Waals surface area (Å²) in [6.45, 7) is 3.46. The number of pyridine rings is 1. The molecule has 0 bridgehead atoms. The minimum Gasteiger partial charge on any atom is -0.353 e. The number of nitrogens with zero attached hydrogens (tertiary/aromatic N) is 6. The first kappa shape index (κ1) is 16.3. The molecule has 23 heavy (non-hydrogen) atoms. The maximum atomic E-state index is 6.30. The van der Waals surface area contributed by atoms with E-state index in [4.69, 9.17) is 11.6 Å². The molecule has 3 rings (SSSR count). The molecule has 0 spiro atoms. The third kappa shape index (κ3) is 3.67. The number of rotatable bonds is 3. The molecule has 8 heteroatoms. The number of anilines is 3. The van der Waals surface area contributed by atoms with Crippen LogP contribution in [-0.2, 0) is 0 Å². The van der Waals surface area contributed by atoms with Crippen LogP contribution in [-0.4, -0.2) is 55.2 Å². The molecule has 1 aliphatic rings. The molecule has 0 aromatic carbocycles. The van der Waals surface area contributed by atoms with Gasteiger partial charge in [0.05, 0.1) is 5.02 Å². The molecule has 0 saturated carbocycles. The SMILES string of the molecule is CN(C)c1nccc(N2CCN(c3ncc(Br)cc3Cl)CC2)n1. The first-order valence-electron chi connectivity index (χ1n) is 7.36. The van der Waals surface area contributed by atoms with E-state index in [1.54, 1.807) is 12.4 Å². The van der Waals surface area contributed by atoms with Crippen LogP contribution in [0.15, 0.2) is 29.0 Å². The molecule has 1 fully saturated rings. The Morgan fingerprint density at radius 3 is 2.48 bits per heavy atom. The zero-order chi connectivity index (χ0) is 16.4. The Kier molecular flexibility index (Phi) is 4.87. The van der Waals surface area contributed by atoms with Gasteiger partial charge < -0.3 is 14.7 Å². The fourth-order valence-corrected chi connectivity index (χ4v) is 3.27. The van der Waals surface area contributed by atoms with Crippen LogP contribution in [0.1, 0.15) is 0 Å². The lowest BCUT2D eigenvalue weighted by Gasteiger charge is -2.36. The van der Waals surface area contributed by atoms with Gasteiger partial charge in [0.1, 0.15) is 11.6 Å². The summed E-state index contributed by atoms with van der Waals surface area (Å²) in [7, 11) is 3.89. The summed E-state index contributed by atoms with van der Waals surface area (Å²) in [4.78, 5) is 19.7. The van der Waals surface area contributed by atoms with Crippen LogP contribution in [0.25, 0.3) is 0 Å². The summed E-state index contributed by atoms with van der Waals surface area (Å²) in [6.07, 6.45) is 3.58.